The molecular weight excluding hydrogens is 288 g/mol. The number of hydrogen-bond acceptors (Lipinski definition) is 3. The zero-order valence-electron chi connectivity index (χ0n) is 11.8. The summed E-state index contributed by atoms with van der Waals surface area (Å²) in [7, 11) is 0. The molecule has 4 nitrogen and oxygen atoms in total. The van der Waals surface area contributed by atoms with Gasteiger partial charge in [-0.2, -0.15) is 0 Å². The fourth-order valence-corrected chi connectivity index (χ4v) is 4.27. The number of carbonyl (C=O) groups excluding carboxylic acids is 1. The van der Waals surface area contributed by atoms with Crippen molar-refractivity contribution in [2.24, 2.45) is 23.5 Å². The molecule has 1 amide bonds. The van der Waals surface area contributed by atoms with Crippen molar-refractivity contribution < 1.29 is 9.53 Å². The molecule has 0 radical (unpaired) electrons. The molecule has 1 aliphatic heterocycles. The Morgan fingerprint density at radius 2 is 2.00 bits per heavy atom. The molecular formula is C16H21ClN2O2. The normalized spacial score (nSPS) is 35.8. The van der Waals surface area contributed by atoms with Gasteiger partial charge in [-0.3, -0.25) is 4.79 Å². The highest BCUT2D eigenvalue weighted by Gasteiger charge is 2.49. The smallest absolute Gasteiger partial charge is 0.225 e. The third-order valence-electron chi connectivity index (χ3n) is 5.30. The van der Waals surface area contributed by atoms with Crippen LogP contribution in [0.3, 0.4) is 0 Å². The molecule has 1 heterocycles. The van der Waals surface area contributed by atoms with Crippen LogP contribution >= 0.6 is 12.4 Å². The van der Waals surface area contributed by atoms with E-state index in [0.29, 0.717) is 18.4 Å². The summed E-state index contributed by atoms with van der Waals surface area (Å²) in [5, 5.41) is 3.15. The van der Waals surface area contributed by atoms with Gasteiger partial charge in [0.15, 0.2) is 0 Å². The monoisotopic (exact) mass is 308 g/mol. The largest absolute Gasteiger partial charge is 0.491 e. The van der Waals surface area contributed by atoms with Crippen LogP contribution in [0.1, 0.15) is 30.9 Å². The van der Waals surface area contributed by atoms with Gasteiger partial charge in [-0.15, -0.1) is 12.4 Å². The van der Waals surface area contributed by atoms with Gasteiger partial charge in [0.25, 0.3) is 0 Å². The molecule has 1 aromatic rings. The van der Waals surface area contributed by atoms with Crippen molar-refractivity contribution in [3.63, 3.8) is 0 Å². The van der Waals surface area contributed by atoms with Gasteiger partial charge in [-0.05, 0) is 37.2 Å². The molecule has 4 rings (SSSR count). The zero-order valence-corrected chi connectivity index (χ0v) is 12.6. The van der Waals surface area contributed by atoms with Crippen molar-refractivity contribution in [2.75, 3.05) is 6.61 Å². The van der Waals surface area contributed by atoms with Crippen LogP contribution in [0.25, 0.3) is 0 Å². The maximum Gasteiger partial charge on any atom is 0.225 e. The molecule has 5 atom stereocenters. The molecule has 5 unspecified atom stereocenters. The van der Waals surface area contributed by atoms with Gasteiger partial charge in [0.1, 0.15) is 12.4 Å². The van der Waals surface area contributed by atoms with Crippen LogP contribution in [-0.4, -0.2) is 18.6 Å². The minimum Gasteiger partial charge on any atom is -0.491 e. The topological polar surface area (TPSA) is 64.4 Å². The molecule has 3 N–H and O–H groups in total. The van der Waals surface area contributed by atoms with Crippen LogP contribution in [0.5, 0.6) is 5.75 Å². The van der Waals surface area contributed by atoms with Crippen molar-refractivity contribution >= 4 is 18.3 Å². The summed E-state index contributed by atoms with van der Waals surface area (Å²) >= 11 is 0. The Balaban J connectivity index is 0.00000132. The lowest BCUT2D eigenvalue weighted by Gasteiger charge is -2.28. The summed E-state index contributed by atoms with van der Waals surface area (Å²) < 4.78 is 5.62. The molecule has 2 saturated carbocycles. The second-order valence-electron chi connectivity index (χ2n) is 6.35. The molecule has 2 aliphatic carbocycles. The van der Waals surface area contributed by atoms with Crippen molar-refractivity contribution in [2.45, 2.75) is 31.3 Å². The Morgan fingerprint density at radius 1 is 1.24 bits per heavy atom. The first-order valence-electron chi connectivity index (χ1n) is 7.51. The maximum atomic E-state index is 12.6. The Hall–Kier alpha value is -1.26. The first kappa shape index (κ1) is 14.7. The summed E-state index contributed by atoms with van der Waals surface area (Å²) in [5.74, 6) is 2.06. The lowest BCUT2D eigenvalue weighted by molar-refractivity contribution is -0.127. The minimum absolute atomic E-state index is 0. The maximum absolute atomic E-state index is 12.6. The second-order valence-corrected chi connectivity index (χ2v) is 6.35. The van der Waals surface area contributed by atoms with Crippen molar-refractivity contribution in [3.8, 4) is 5.75 Å². The van der Waals surface area contributed by atoms with Crippen LogP contribution in [-0.2, 0) is 4.79 Å². The third-order valence-corrected chi connectivity index (χ3v) is 5.30. The summed E-state index contributed by atoms with van der Waals surface area (Å²) in [6.45, 7) is 0.529. The van der Waals surface area contributed by atoms with E-state index in [2.05, 4.69) is 5.32 Å². The lowest BCUT2D eigenvalue weighted by atomic mass is 9.84. The SMILES string of the molecule is Cl.NC1C2CCC(C2)C1C(=O)NC1COc2ccccc21. The molecule has 21 heavy (non-hydrogen) atoms. The predicted molar refractivity (Wildman–Crippen MR) is 82.4 cm³/mol. The summed E-state index contributed by atoms with van der Waals surface area (Å²) in [6.07, 6.45) is 3.50. The number of ether oxygens (including phenoxy) is 1. The van der Waals surface area contributed by atoms with E-state index in [1.165, 1.54) is 6.42 Å². The number of nitrogens with one attached hydrogen (secondary N) is 1. The van der Waals surface area contributed by atoms with Gasteiger partial charge in [-0.25, -0.2) is 0 Å². The van der Waals surface area contributed by atoms with Gasteiger partial charge < -0.3 is 15.8 Å². The number of fused-ring (bicyclic) bond motifs is 3. The number of benzene rings is 1. The van der Waals surface area contributed by atoms with Crippen LogP contribution in [0, 0.1) is 17.8 Å². The Labute approximate surface area is 130 Å². The zero-order chi connectivity index (χ0) is 13.7. The second kappa shape index (κ2) is 5.50. The predicted octanol–water partition coefficient (Wildman–Crippen LogP) is 2.03. The van der Waals surface area contributed by atoms with Gasteiger partial charge in [0.05, 0.1) is 12.0 Å². The molecule has 5 heteroatoms. The summed E-state index contributed by atoms with van der Waals surface area (Å²) in [4.78, 5) is 12.6. The molecule has 3 aliphatic rings. The minimum atomic E-state index is -0.0231. The number of rotatable bonds is 2. The lowest BCUT2D eigenvalue weighted by Crippen LogP contribution is -2.46. The van der Waals surface area contributed by atoms with Crippen LogP contribution in [0.2, 0.25) is 0 Å². The van der Waals surface area contributed by atoms with Crippen molar-refractivity contribution in [3.05, 3.63) is 29.8 Å². The van der Waals surface area contributed by atoms with Gasteiger partial charge in [0.2, 0.25) is 5.91 Å². The molecule has 2 fully saturated rings. The first-order valence-corrected chi connectivity index (χ1v) is 7.51. The number of para-hydroxylation sites is 1. The Kier molecular flexibility index (Phi) is 3.84. The highest BCUT2D eigenvalue weighted by molar-refractivity contribution is 5.85. The average molecular weight is 309 g/mol. The standard InChI is InChI=1S/C16H20N2O2.ClH/c17-15-10-6-5-9(7-10)14(15)16(19)18-12-8-20-13-4-2-1-3-11(12)13;/h1-4,9-10,12,14-15H,5-8,17H2,(H,18,19);1H. The number of carbonyl (C=O) groups is 1. The van der Waals surface area contributed by atoms with E-state index in [1.54, 1.807) is 0 Å². The van der Waals surface area contributed by atoms with Crippen molar-refractivity contribution in [1.82, 2.24) is 5.32 Å². The molecule has 1 aromatic carbocycles. The first-order chi connectivity index (χ1) is 9.74. The fraction of sp³-hybridized carbons (Fsp3) is 0.562. The molecule has 0 saturated heterocycles. The van der Waals surface area contributed by atoms with Crippen LogP contribution < -0.4 is 15.8 Å². The van der Waals surface area contributed by atoms with Gasteiger partial charge in [0, 0.05) is 11.6 Å². The summed E-state index contributed by atoms with van der Waals surface area (Å²) in [5.41, 5.74) is 7.32. The van der Waals surface area contributed by atoms with E-state index in [1.807, 2.05) is 24.3 Å². The van der Waals surface area contributed by atoms with Crippen LogP contribution in [0.15, 0.2) is 24.3 Å². The fourth-order valence-electron chi connectivity index (χ4n) is 4.27. The van der Waals surface area contributed by atoms with E-state index < -0.39 is 0 Å². The number of nitrogens with two attached hydrogens (primary N) is 1. The Morgan fingerprint density at radius 3 is 2.76 bits per heavy atom. The van der Waals surface area contributed by atoms with Crippen molar-refractivity contribution in [1.29, 1.82) is 0 Å². The van der Waals surface area contributed by atoms with E-state index in [0.717, 1.165) is 24.2 Å². The van der Waals surface area contributed by atoms with Gasteiger partial charge in [-0.1, -0.05) is 18.2 Å². The van der Waals surface area contributed by atoms with E-state index >= 15 is 0 Å². The van der Waals surface area contributed by atoms with E-state index in [9.17, 15) is 4.79 Å². The van der Waals surface area contributed by atoms with Crippen LogP contribution in [0.4, 0.5) is 0 Å². The highest BCUT2D eigenvalue weighted by Crippen LogP contribution is 2.48. The number of hydrogen-bond donors (Lipinski definition) is 2. The third kappa shape index (κ3) is 2.30. The van der Waals surface area contributed by atoms with Gasteiger partial charge >= 0.3 is 0 Å². The van der Waals surface area contributed by atoms with E-state index in [4.69, 9.17) is 10.5 Å². The molecule has 0 spiro atoms. The molecule has 114 valence electrons. The number of halogens is 1. The Bertz CT molecular complexity index is 549. The highest BCUT2D eigenvalue weighted by atomic mass is 35.5. The molecule has 0 aromatic heterocycles. The average Bonchev–Trinajstić information content (AvgIpc) is 3.13. The van der Waals surface area contributed by atoms with E-state index in [-0.39, 0.29) is 36.3 Å². The molecule has 2 bridgehead atoms. The quantitative estimate of drug-likeness (QED) is 0.878. The number of amides is 1. The summed E-state index contributed by atoms with van der Waals surface area (Å²) in [6, 6.07) is 7.93.